The van der Waals surface area contributed by atoms with Crippen LogP contribution in [-0.2, 0) is 9.63 Å². The standard InChI is InChI=1S/C11H21N3O2/c12-10-3-6-13(7-4-10)9-11(15)14-5-1-2-8-16-14/h10H,1-9,12H2. The second kappa shape index (κ2) is 5.61. The average molecular weight is 227 g/mol. The van der Waals surface area contributed by atoms with Gasteiger partial charge >= 0.3 is 0 Å². The van der Waals surface area contributed by atoms with Crippen molar-refractivity contribution < 1.29 is 9.63 Å². The molecule has 2 saturated heterocycles. The summed E-state index contributed by atoms with van der Waals surface area (Å²) in [6, 6.07) is 0.317. The van der Waals surface area contributed by atoms with Crippen molar-refractivity contribution in [3.05, 3.63) is 0 Å². The minimum atomic E-state index is 0.0928. The lowest BCUT2D eigenvalue weighted by Crippen LogP contribution is -2.46. The predicted octanol–water partition coefficient (Wildman–Crippen LogP) is -0.0365. The molecule has 0 atom stereocenters. The fourth-order valence-electron chi connectivity index (χ4n) is 2.17. The van der Waals surface area contributed by atoms with Crippen LogP contribution in [0.3, 0.4) is 0 Å². The Balaban J connectivity index is 1.73. The van der Waals surface area contributed by atoms with E-state index in [1.807, 2.05) is 0 Å². The number of nitrogens with zero attached hydrogens (tertiary/aromatic N) is 2. The number of amides is 1. The SMILES string of the molecule is NC1CCN(CC(=O)N2CCCCO2)CC1. The molecule has 0 spiro atoms. The lowest BCUT2D eigenvalue weighted by atomic mass is 10.1. The zero-order valence-electron chi connectivity index (χ0n) is 9.73. The average Bonchev–Trinajstić information content (AvgIpc) is 2.33. The number of carbonyl (C=O) groups excluding carboxylic acids is 1. The van der Waals surface area contributed by atoms with Crippen LogP contribution in [0.2, 0.25) is 0 Å². The third-order valence-corrected chi connectivity index (χ3v) is 3.27. The molecule has 2 aliphatic heterocycles. The van der Waals surface area contributed by atoms with Crippen molar-refractivity contribution in [1.82, 2.24) is 9.96 Å². The van der Waals surface area contributed by atoms with E-state index in [1.54, 1.807) is 0 Å². The van der Waals surface area contributed by atoms with Crippen LogP contribution >= 0.6 is 0 Å². The summed E-state index contributed by atoms with van der Waals surface area (Å²) >= 11 is 0. The first-order valence-electron chi connectivity index (χ1n) is 6.17. The molecule has 2 rings (SSSR count). The maximum Gasteiger partial charge on any atom is 0.260 e. The highest BCUT2D eigenvalue weighted by atomic mass is 16.7. The largest absolute Gasteiger partial charge is 0.328 e. The van der Waals surface area contributed by atoms with Crippen molar-refractivity contribution in [3.63, 3.8) is 0 Å². The third kappa shape index (κ3) is 3.17. The Kier molecular flexibility index (Phi) is 4.15. The predicted molar refractivity (Wildman–Crippen MR) is 60.5 cm³/mol. The first-order valence-corrected chi connectivity index (χ1v) is 6.17. The van der Waals surface area contributed by atoms with Crippen LogP contribution in [0, 0.1) is 0 Å². The number of piperidine rings is 1. The molecule has 0 radical (unpaired) electrons. The molecule has 0 aromatic carbocycles. The number of hydrogen-bond donors (Lipinski definition) is 1. The van der Waals surface area contributed by atoms with Crippen molar-refractivity contribution >= 4 is 5.91 Å². The van der Waals surface area contributed by atoms with Crippen molar-refractivity contribution in [1.29, 1.82) is 0 Å². The molecule has 0 aromatic heterocycles. The first-order chi connectivity index (χ1) is 7.75. The van der Waals surface area contributed by atoms with Crippen molar-refractivity contribution in [2.24, 2.45) is 5.73 Å². The first kappa shape index (κ1) is 11.8. The maximum atomic E-state index is 11.9. The molecule has 2 heterocycles. The van der Waals surface area contributed by atoms with Crippen molar-refractivity contribution in [2.75, 3.05) is 32.8 Å². The van der Waals surface area contributed by atoms with E-state index < -0.39 is 0 Å². The van der Waals surface area contributed by atoms with E-state index in [2.05, 4.69) is 4.90 Å². The van der Waals surface area contributed by atoms with Gasteiger partial charge in [-0.2, -0.15) is 0 Å². The topological polar surface area (TPSA) is 58.8 Å². The van der Waals surface area contributed by atoms with E-state index >= 15 is 0 Å². The molecule has 2 aliphatic rings. The Bertz CT molecular complexity index is 233. The van der Waals surface area contributed by atoms with E-state index in [0.717, 1.165) is 45.3 Å². The smallest absolute Gasteiger partial charge is 0.260 e. The molecule has 0 aliphatic carbocycles. The molecule has 16 heavy (non-hydrogen) atoms. The fraction of sp³-hybridized carbons (Fsp3) is 0.909. The molecule has 0 unspecified atom stereocenters. The number of hydrogen-bond acceptors (Lipinski definition) is 4. The second-order valence-electron chi connectivity index (χ2n) is 4.65. The summed E-state index contributed by atoms with van der Waals surface area (Å²) in [6.07, 6.45) is 4.10. The molecule has 0 aromatic rings. The minimum Gasteiger partial charge on any atom is -0.328 e. The number of rotatable bonds is 2. The highest BCUT2D eigenvalue weighted by molar-refractivity contribution is 5.77. The van der Waals surface area contributed by atoms with Crippen molar-refractivity contribution in [3.8, 4) is 0 Å². The van der Waals surface area contributed by atoms with Gasteiger partial charge in [0.25, 0.3) is 5.91 Å². The van der Waals surface area contributed by atoms with Crippen LogP contribution < -0.4 is 5.73 Å². The van der Waals surface area contributed by atoms with Crippen LogP contribution in [0.1, 0.15) is 25.7 Å². The molecular formula is C11H21N3O2. The molecular weight excluding hydrogens is 206 g/mol. The minimum absolute atomic E-state index is 0.0928. The molecule has 0 bridgehead atoms. The van der Waals surface area contributed by atoms with Crippen LogP contribution in [0.15, 0.2) is 0 Å². The van der Waals surface area contributed by atoms with Crippen LogP contribution in [0.5, 0.6) is 0 Å². The molecule has 92 valence electrons. The lowest BCUT2D eigenvalue weighted by molar-refractivity contribution is -0.198. The van der Waals surface area contributed by atoms with Crippen molar-refractivity contribution in [2.45, 2.75) is 31.7 Å². The lowest BCUT2D eigenvalue weighted by Gasteiger charge is -2.32. The van der Waals surface area contributed by atoms with Gasteiger partial charge in [0, 0.05) is 25.7 Å². The molecule has 2 N–H and O–H groups in total. The van der Waals surface area contributed by atoms with Gasteiger partial charge in [-0.15, -0.1) is 0 Å². The van der Waals surface area contributed by atoms with E-state index in [1.165, 1.54) is 5.06 Å². The number of nitrogens with two attached hydrogens (primary N) is 1. The fourth-order valence-corrected chi connectivity index (χ4v) is 2.17. The summed E-state index contributed by atoms with van der Waals surface area (Å²) in [5, 5.41) is 1.53. The van der Waals surface area contributed by atoms with Crippen LogP contribution in [-0.4, -0.2) is 54.7 Å². The monoisotopic (exact) mass is 227 g/mol. The third-order valence-electron chi connectivity index (χ3n) is 3.27. The maximum absolute atomic E-state index is 11.9. The summed E-state index contributed by atoms with van der Waals surface area (Å²) in [6.45, 7) is 3.76. The Morgan fingerprint density at radius 1 is 1.25 bits per heavy atom. The second-order valence-corrected chi connectivity index (χ2v) is 4.65. The Morgan fingerprint density at radius 2 is 2.00 bits per heavy atom. The molecule has 0 saturated carbocycles. The van der Waals surface area contributed by atoms with Gasteiger partial charge in [0.15, 0.2) is 0 Å². The van der Waals surface area contributed by atoms with E-state index in [0.29, 0.717) is 19.2 Å². The Hall–Kier alpha value is -0.650. The molecule has 1 amide bonds. The van der Waals surface area contributed by atoms with Gasteiger partial charge in [-0.25, -0.2) is 5.06 Å². The molecule has 2 fully saturated rings. The summed E-state index contributed by atoms with van der Waals surface area (Å²) in [5.74, 6) is 0.0928. The van der Waals surface area contributed by atoms with Gasteiger partial charge in [-0.1, -0.05) is 0 Å². The summed E-state index contributed by atoms with van der Waals surface area (Å²) in [4.78, 5) is 19.4. The highest BCUT2D eigenvalue weighted by Gasteiger charge is 2.23. The van der Waals surface area contributed by atoms with Crippen LogP contribution in [0.4, 0.5) is 0 Å². The van der Waals surface area contributed by atoms with Gasteiger partial charge in [-0.3, -0.25) is 14.5 Å². The summed E-state index contributed by atoms with van der Waals surface area (Å²) in [7, 11) is 0. The molecule has 5 nitrogen and oxygen atoms in total. The van der Waals surface area contributed by atoms with E-state index in [-0.39, 0.29) is 5.91 Å². The number of hydroxylamine groups is 2. The number of carbonyl (C=O) groups is 1. The van der Waals surface area contributed by atoms with Gasteiger partial charge < -0.3 is 5.73 Å². The zero-order valence-corrected chi connectivity index (χ0v) is 9.73. The quantitative estimate of drug-likeness (QED) is 0.719. The Morgan fingerprint density at radius 3 is 2.62 bits per heavy atom. The van der Waals surface area contributed by atoms with Crippen LogP contribution in [0.25, 0.3) is 0 Å². The van der Waals surface area contributed by atoms with E-state index in [4.69, 9.17) is 10.6 Å². The van der Waals surface area contributed by atoms with Gasteiger partial charge in [0.1, 0.15) is 0 Å². The van der Waals surface area contributed by atoms with E-state index in [9.17, 15) is 4.79 Å². The van der Waals surface area contributed by atoms with Gasteiger partial charge in [-0.05, 0) is 25.7 Å². The Labute approximate surface area is 96.5 Å². The van der Waals surface area contributed by atoms with Gasteiger partial charge in [0.05, 0.1) is 13.2 Å². The zero-order chi connectivity index (χ0) is 11.4. The summed E-state index contributed by atoms with van der Waals surface area (Å²) in [5.41, 5.74) is 5.82. The highest BCUT2D eigenvalue weighted by Crippen LogP contribution is 2.10. The summed E-state index contributed by atoms with van der Waals surface area (Å²) < 4.78 is 0. The van der Waals surface area contributed by atoms with Gasteiger partial charge in [0.2, 0.25) is 0 Å². The molecule has 5 heteroatoms. The number of likely N-dealkylation sites (tertiary alicyclic amines) is 1. The normalized spacial score (nSPS) is 24.7.